The molecule has 0 aromatic rings. The minimum Gasteiger partial charge on any atom is -0.396 e. The quantitative estimate of drug-likeness (QED) is 0.502. The molecular formula is C16H33NO2. The van der Waals surface area contributed by atoms with Crippen LogP contribution in [-0.4, -0.2) is 24.2 Å². The Kier molecular flexibility index (Phi) is 13.4. The molecular weight excluding hydrogens is 238 g/mol. The van der Waals surface area contributed by atoms with E-state index < -0.39 is 0 Å². The van der Waals surface area contributed by atoms with Crippen LogP contribution in [-0.2, 0) is 4.79 Å². The zero-order valence-electron chi connectivity index (χ0n) is 12.9. The van der Waals surface area contributed by atoms with Gasteiger partial charge in [0.2, 0.25) is 5.91 Å². The van der Waals surface area contributed by atoms with Gasteiger partial charge in [-0.1, -0.05) is 52.4 Å². The van der Waals surface area contributed by atoms with Crippen LogP contribution in [0.15, 0.2) is 0 Å². The number of amides is 1. The largest absolute Gasteiger partial charge is 0.396 e. The maximum absolute atomic E-state index is 11.5. The van der Waals surface area contributed by atoms with Crippen LogP contribution in [0, 0.1) is 5.92 Å². The Labute approximate surface area is 119 Å². The maximum Gasteiger partial charge on any atom is 0.219 e. The predicted molar refractivity (Wildman–Crippen MR) is 81.1 cm³/mol. The zero-order chi connectivity index (χ0) is 14.3. The van der Waals surface area contributed by atoms with Crippen molar-refractivity contribution in [3.05, 3.63) is 0 Å². The first-order chi connectivity index (χ1) is 9.20. The van der Waals surface area contributed by atoms with Gasteiger partial charge in [0.1, 0.15) is 0 Å². The van der Waals surface area contributed by atoms with Gasteiger partial charge in [0.25, 0.3) is 0 Å². The summed E-state index contributed by atoms with van der Waals surface area (Å²) in [6, 6.07) is 0. The number of carbonyl (C=O) groups is 1. The molecule has 19 heavy (non-hydrogen) atoms. The first-order valence-electron chi connectivity index (χ1n) is 8.08. The average Bonchev–Trinajstić information content (AvgIpc) is 2.42. The third kappa shape index (κ3) is 13.7. The van der Waals surface area contributed by atoms with E-state index in [1.165, 1.54) is 38.5 Å². The molecule has 0 saturated carbocycles. The van der Waals surface area contributed by atoms with Gasteiger partial charge in [-0.3, -0.25) is 4.79 Å². The molecule has 3 heteroatoms. The second-order valence-corrected chi connectivity index (χ2v) is 5.65. The Morgan fingerprint density at radius 2 is 1.68 bits per heavy atom. The molecule has 0 radical (unpaired) electrons. The molecule has 0 aromatic carbocycles. The summed E-state index contributed by atoms with van der Waals surface area (Å²) in [6.45, 7) is 5.25. The van der Waals surface area contributed by atoms with Crippen LogP contribution in [0.2, 0.25) is 0 Å². The van der Waals surface area contributed by atoms with E-state index in [1.54, 1.807) is 0 Å². The Balaban J connectivity index is 3.21. The van der Waals surface area contributed by atoms with Crippen molar-refractivity contribution < 1.29 is 9.90 Å². The number of hydrogen-bond donors (Lipinski definition) is 2. The van der Waals surface area contributed by atoms with E-state index in [2.05, 4.69) is 12.2 Å². The lowest BCUT2D eigenvalue weighted by Crippen LogP contribution is -2.24. The standard InChI is InChI=1S/C16H33NO2/c1-3-4-5-6-7-8-9-12-16(19)17-13-10-11-15(2)14-18/h15,18H,3-14H2,1-2H3,(H,17,19). The number of aliphatic hydroxyl groups excluding tert-OH is 1. The fourth-order valence-electron chi connectivity index (χ4n) is 2.10. The van der Waals surface area contributed by atoms with Gasteiger partial charge in [0.15, 0.2) is 0 Å². The third-order valence-corrected chi connectivity index (χ3v) is 3.51. The number of hydrogen-bond acceptors (Lipinski definition) is 2. The lowest BCUT2D eigenvalue weighted by Gasteiger charge is -2.08. The average molecular weight is 271 g/mol. The summed E-state index contributed by atoms with van der Waals surface area (Å²) in [6.07, 6.45) is 11.4. The van der Waals surface area contributed by atoms with Gasteiger partial charge in [-0.2, -0.15) is 0 Å². The highest BCUT2D eigenvalue weighted by Crippen LogP contribution is 2.08. The number of carbonyl (C=O) groups excluding carboxylic acids is 1. The number of unbranched alkanes of at least 4 members (excludes halogenated alkanes) is 6. The molecule has 0 aliphatic rings. The van der Waals surface area contributed by atoms with Gasteiger partial charge in [-0.05, 0) is 25.2 Å². The SMILES string of the molecule is CCCCCCCCCC(=O)NCCCC(C)CO. The van der Waals surface area contributed by atoms with E-state index in [-0.39, 0.29) is 12.5 Å². The van der Waals surface area contributed by atoms with Gasteiger partial charge in [-0.25, -0.2) is 0 Å². The molecule has 0 fully saturated rings. The van der Waals surface area contributed by atoms with Crippen molar-refractivity contribution in [1.82, 2.24) is 5.32 Å². The second-order valence-electron chi connectivity index (χ2n) is 5.65. The summed E-state index contributed by atoms with van der Waals surface area (Å²) < 4.78 is 0. The first-order valence-corrected chi connectivity index (χ1v) is 8.08. The summed E-state index contributed by atoms with van der Waals surface area (Å²) >= 11 is 0. The number of nitrogens with one attached hydrogen (secondary N) is 1. The summed E-state index contributed by atoms with van der Waals surface area (Å²) in [5.74, 6) is 0.533. The lowest BCUT2D eigenvalue weighted by molar-refractivity contribution is -0.121. The van der Waals surface area contributed by atoms with Gasteiger partial charge in [0, 0.05) is 19.6 Å². The molecule has 1 unspecified atom stereocenters. The molecule has 0 rings (SSSR count). The minimum atomic E-state index is 0.185. The van der Waals surface area contributed by atoms with Crippen molar-refractivity contribution in [3.8, 4) is 0 Å². The van der Waals surface area contributed by atoms with E-state index in [0.29, 0.717) is 12.3 Å². The molecule has 114 valence electrons. The molecule has 1 atom stereocenters. The van der Waals surface area contributed by atoms with Gasteiger partial charge >= 0.3 is 0 Å². The van der Waals surface area contributed by atoms with Crippen LogP contribution in [0.3, 0.4) is 0 Å². The summed E-state index contributed by atoms with van der Waals surface area (Å²) in [7, 11) is 0. The topological polar surface area (TPSA) is 49.3 Å². The van der Waals surface area contributed by atoms with E-state index >= 15 is 0 Å². The first kappa shape index (κ1) is 18.4. The van der Waals surface area contributed by atoms with Crippen molar-refractivity contribution in [1.29, 1.82) is 0 Å². The highest BCUT2D eigenvalue weighted by Gasteiger charge is 2.02. The van der Waals surface area contributed by atoms with Crippen LogP contribution in [0.25, 0.3) is 0 Å². The van der Waals surface area contributed by atoms with Crippen molar-refractivity contribution in [2.45, 2.75) is 78.1 Å². The van der Waals surface area contributed by atoms with Crippen molar-refractivity contribution in [2.24, 2.45) is 5.92 Å². The summed E-state index contributed by atoms with van der Waals surface area (Å²) in [5, 5.41) is 11.8. The summed E-state index contributed by atoms with van der Waals surface area (Å²) in [4.78, 5) is 11.5. The number of aliphatic hydroxyl groups is 1. The van der Waals surface area contributed by atoms with Crippen molar-refractivity contribution in [2.75, 3.05) is 13.2 Å². The van der Waals surface area contributed by atoms with Gasteiger partial charge in [0.05, 0.1) is 0 Å². The van der Waals surface area contributed by atoms with Crippen LogP contribution in [0.4, 0.5) is 0 Å². The second kappa shape index (κ2) is 13.9. The minimum absolute atomic E-state index is 0.185. The molecule has 1 amide bonds. The van der Waals surface area contributed by atoms with E-state index in [4.69, 9.17) is 5.11 Å². The maximum atomic E-state index is 11.5. The Bertz CT molecular complexity index is 207. The fraction of sp³-hybridized carbons (Fsp3) is 0.938. The normalized spacial score (nSPS) is 12.4. The molecule has 0 heterocycles. The van der Waals surface area contributed by atoms with E-state index in [1.807, 2.05) is 6.92 Å². The molecule has 0 spiro atoms. The summed E-state index contributed by atoms with van der Waals surface area (Å²) in [5.41, 5.74) is 0. The highest BCUT2D eigenvalue weighted by molar-refractivity contribution is 5.75. The Hall–Kier alpha value is -0.570. The monoisotopic (exact) mass is 271 g/mol. The third-order valence-electron chi connectivity index (χ3n) is 3.51. The van der Waals surface area contributed by atoms with Crippen molar-refractivity contribution >= 4 is 5.91 Å². The fourth-order valence-corrected chi connectivity index (χ4v) is 2.10. The highest BCUT2D eigenvalue weighted by atomic mass is 16.3. The zero-order valence-corrected chi connectivity index (χ0v) is 12.9. The van der Waals surface area contributed by atoms with Crippen molar-refractivity contribution in [3.63, 3.8) is 0 Å². The van der Waals surface area contributed by atoms with Crippen LogP contribution < -0.4 is 5.32 Å². The molecule has 0 aliphatic heterocycles. The smallest absolute Gasteiger partial charge is 0.219 e. The molecule has 0 saturated heterocycles. The Morgan fingerprint density at radius 1 is 1.05 bits per heavy atom. The predicted octanol–water partition coefficient (Wildman–Crippen LogP) is 3.65. The molecule has 0 aliphatic carbocycles. The van der Waals surface area contributed by atoms with Gasteiger partial charge in [-0.15, -0.1) is 0 Å². The molecule has 3 nitrogen and oxygen atoms in total. The van der Waals surface area contributed by atoms with Crippen LogP contribution in [0.1, 0.15) is 78.1 Å². The Morgan fingerprint density at radius 3 is 2.32 bits per heavy atom. The van der Waals surface area contributed by atoms with Gasteiger partial charge < -0.3 is 10.4 Å². The molecule has 2 N–H and O–H groups in total. The molecule has 0 aromatic heterocycles. The van der Waals surface area contributed by atoms with E-state index in [9.17, 15) is 4.79 Å². The lowest BCUT2D eigenvalue weighted by atomic mass is 10.1. The van der Waals surface area contributed by atoms with E-state index in [0.717, 1.165) is 25.8 Å². The number of rotatable bonds is 13. The van der Waals surface area contributed by atoms with Crippen LogP contribution >= 0.6 is 0 Å². The molecule has 0 bridgehead atoms. The van der Waals surface area contributed by atoms with Crippen LogP contribution in [0.5, 0.6) is 0 Å².